The third kappa shape index (κ3) is 4.98. The predicted molar refractivity (Wildman–Crippen MR) is 109 cm³/mol. The molecular weight excluding hydrogens is 374 g/mol. The summed E-state index contributed by atoms with van der Waals surface area (Å²) >= 11 is 0. The zero-order valence-corrected chi connectivity index (χ0v) is 17.0. The quantitative estimate of drug-likeness (QED) is 0.712. The van der Waals surface area contributed by atoms with E-state index in [0.29, 0.717) is 13.1 Å². The van der Waals surface area contributed by atoms with E-state index in [1.54, 1.807) is 35.2 Å². The number of sulfonamides is 1. The molecule has 6 nitrogen and oxygen atoms in total. The van der Waals surface area contributed by atoms with Crippen LogP contribution in [0.4, 0.5) is 0 Å². The summed E-state index contributed by atoms with van der Waals surface area (Å²) in [5, 5.41) is 0. The molecule has 1 aliphatic heterocycles. The van der Waals surface area contributed by atoms with Crippen molar-refractivity contribution >= 4 is 15.9 Å². The molecule has 1 fully saturated rings. The molecule has 28 heavy (non-hydrogen) atoms. The Morgan fingerprint density at radius 2 is 1.50 bits per heavy atom. The van der Waals surface area contributed by atoms with Crippen molar-refractivity contribution in [2.75, 3.05) is 39.3 Å². The Labute approximate surface area is 167 Å². The van der Waals surface area contributed by atoms with Gasteiger partial charge in [-0.2, -0.15) is 4.31 Å². The summed E-state index contributed by atoms with van der Waals surface area (Å²) in [6, 6.07) is 17.7. The summed E-state index contributed by atoms with van der Waals surface area (Å²) in [6.45, 7) is 6.00. The maximum absolute atomic E-state index is 13.2. The SMILES string of the molecule is CCN1CCN(C(=O)CN(Cc2ccccc2)S(=O)(=O)c2ccccc2)CC1. The number of rotatable bonds is 7. The van der Waals surface area contributed by atoms with Gasteiger partial charge in [-0.15, -0.1) is 0 Å². The van der Waals surface area contributed by atoms with E-state index in [9.17, 15) is 13.2 Å². The molecule has 7 heteroatoms. The minimum absolute atomic E-state index is 0.147. The first-order chi connectivity index (χ1) is 13.5. The molecule has 1 saturated heterocycles. The Hall–Kier alpha value is -2.22. The number of likely N-dealkylation sites (N-methyl/N-ethyl adjacent to an activating group) is 1. The van der Waals surface area contributed by atoms with E-state index in [2.05, 4.69) is 11.8 Å². The van der Waals surface area contributed by atoms with Gasteiger partial charge in [0.15, 0.2) is 0 Å². The average Bonchev–Trinajstić information content (AvgIpc) is 2.74. The summed E-state index contributed by atoms with van der Waals surface area (Å²) in [7, 11) is -3.77. The highest BCUT2D eigenvalue weighted by Gasteiger charge is 2.29. The molecule has 0 spiro atoms. The van der Waals surface area contributed by atoms with Crippen LogP contribution >= 0.6 is 0 Å². The van der Waals surface area contributed by atoms with Crippen LogP contribution in [0.25, 0.3) is 0 Å². The maximum Gasteiger partial charge on any atom is 0.243 e. The van der Waals surface area contributed by atoms with E-state index in [1.807, 2.05) is 30.3 Å². The van der Waals surface area contributed by atoms with Gasteiger partial charge in [0.1, 0.15) is 0 Å². The number of carbonyl (C=O) groups excluding carboxylic acids is 1. The van der Waals surface area contributed by atoms with Crippen molar-refractivity contribution in [3.63, 3.8) is 0 Å². The van der Waals surface area contributed by atoms with Crippen molar-refractivity contribution in [3.8, 4) is 0 Å². The number of nitrogens with zero attached hydrogens (tertiary/aromatic N) is 3. The third-order valence-corrected chi connectivity index (χ3v) is 6.87. The van der Waals surface area contributed by atoms with Gasteiger partial charge in [-0.1, -0.05) is 55.5 Å². The summed E-state index contributed by atoms with van der Waals surface area (Å²) < 4.78 is 27.7. The van der Waals surface area contributed by atoms with Crippen molar-refractivity contribution < 1.29 is 13.2 Å². The van der Waals surface area contributed by atoms with Crippen LogP contribution in [0, 0.1) is 0 Å². The molecule has 1 heterocycles. The largest absolute Gasteiger partial charge is 0.339 e. The van der Waals surface area contributed by atoms with Gasteiger partial charge in [0.2, 0.25) is 15.9 Å². The van der Waals surface area contributed by atoms with E-state index in [-0.39, 0.29) is 23.9 Å². The second-order valence-corrected chi connectivity index (χ2v) is 8.82. The second kappa shape index (κ2) is 9.32. The molecule has 1 amide bonds. The van der Waals surface area contributed by atoms with Gasteiger partial charge >= 0.3 is 0 Å². The van der Waals surface area contributed by atoms with E-state index in [0.717, 1.165) is 25.2 Å². The normalized spacial score (nSPS) is 15.7. The van der Waals surface area contributed by atoms with Crippen LogP contribution in [0.2, 0.25) is 0 Å². The topological polar surface area (TPSA) is 60.9 Å². The molecule has 0 bridgehead atoms. The van der Waals surface area contributed by atoms with Gasteiger partial charge in [-0.25, -0.2) is 8.42 Å². The molecule has 1 aliphatic rings. The minimum Gasteiger partial charge on any atom is -0.339 e. The van der Waals surface area contributed by atoms with Crippen molar-refractivity contribution in [1.29, 1.82) is 0 Å². The lowest BCUT2D eigenvalue weighted by Gasteiger charge is -2.35. The van der Waals surface area contributed by atoms with Gasteiger partial charge in [0, 0.05) is 32.7 Å². The molecule has 0 atom stereocenters. The summed E-state index contributed by atoms with van der Waals surface area (Å²) in [4.78, 5) is 17.1. The monoisotopic (exact) mass is 401 g/mol. The molecular formula is C21H27N3O3S. The van der Waals surface area contributed by atoms with Crippen molar-refractivity contribution in [1.82, 2.24) is 14.1 Å². The summed E-state index contributed by atoms with van der Waals surface area (Å²) in [5.74, 6) is -0.147. The fourth-order valence-electron chi connectivity index (χ4n) is 3.32. The van der Waals surface area contributed by atoms with Crippen LogP contribution in [-0.4, -0.2) is 67.7 Å². The van der Waals surface area contributed by atoms with Crippen molar-refractivity contribution in [2.45, 2.75) is 18.4 Å². The van der Waals surface area contributed by atoms with Crippen molar-refractivity contribution in [2.24, 2.45) is 0 Å². The molecule has 0 aromatic heterocycles. The molecule has 3 rings (SSSR count). The number of benzene rings is 2. The highest BCUT2D eigenvalue weighted by molar-refractivity contribution is 7.89. The van der Waals surface area contributed by atoms with E-state index in [4.69, 9.17) is 0 Å². The number of hydrogen-bond acceptors (Lipinski definition) is 4. The Kier molecular flexibility index (Phi) is 6.83. The smallest absolute Gasteiger partial charge is 0.243 e. The van der Waals surface area contributed by atoms with Crippen LogP contribution in [0.1, 0.15) is 12.5 Å². The maximum atomic E-state index is 13.2. The zero-order chi connectivity index (χ0) is 20.0. The van der Waals surface area contributed by atoms with Crippen LogP contribution < -0.4 is 0 Å². The van der Waals surface area contributed by atoms with Gasteiger partial charge in [0.05, 0.1) is 11.4 Å². The first-order valence-corrected chi connectivity index (χ1v) is 11.0. The fourth-order valence-corrected chi connectivity index (χ4v) is 4.72. The highest BCUT2D eigenvalue weighted by Crippen LogP contribution is 2.19. The van der Waals surface area contributed by atoms with Crippen molar-refractivity contribution in [3.05, 3.63) is 66.2 Å². The van der Waals surface area contributed by atoms with Crippen LogP contribution in [0.15, 0.2) is 65.6 Å². The lowest BCUT2D eigenvalue weighted by Crippen LogP contribution is -2.51. The third-order valence-electron chi connectivity index (χ3n) is 5.07. The number of piperazine rings is 1. The van der Waals surface area contributed by atoms with E-state index >= 15 is 0 Å². The average molecular weight is 402 g/mol. The lowest BCUT2D eigenvalue weighted by molar-refractivity contribution is -0.133. The fraction of sp³-hybridized carbons (Fsp3) is 0.381. The molecule has 2 aromatic carbocycles. The molecule has 0 saturated carbocycles. The first-order valence-electron chi connectivity index (χ1n) is 9.60. The number of carbonyl (C=O) groups is 1. The minimum atomic E-state index is -3.77. The molecule has 0 N–H and O–H groups in total. The standard InChI is InChI=1S/C21H27N3O3S/c1-2-22-13-15-23(16-14-22)21(25)18-24(17-19-9-5-3-6-10-19)28(26,27)20-11-7-4-8-12-20/h3-12H,2,13-18H2,1H3. The van der Waals surface area contributed by atoms with Gasteiger partial charge in [0.25, 0.3) is 0 Å². The Morgan fingerprint density at radius 1 is 0.929 bits per heavy atom. The van der Waals surface area contributed by atoms with Gasteiger partial charge in [-0.3, -0.25) is 4.79 Å². The second-order valence-electron chi connectivity index (χ2n) is 6.89. The first kappa shape index (κ1) is 20.5. The van der Waals surface area contributed by atoms with Crippen LogP contribution in [-0.2, 0) is 21.4 Å². The van der Waals surface area contributed by atoms with Crippen LogP contribution in [0.3, 0.4) is 0 Å². The lowest BCUT2D eigenvalue weighted by atomic mass is 10.2. The summed E-state index contributed by atoms with van der Waals surface area (Å²) in [5.41, 5.74) is 0.852. The van der Waals surface area contributed by atoms with E-state index < -0.39 is 10.0 Å². The zero-order valence-electron chi connectivity index (χ0n) is 16.2. The molecule has 0 unspecified atom stereocenters. The Balaban J connectivity index is 1.79. The number of hydrogen-bond donors (Lipinski definition) is 0. The van der Waals surface area contributed by atoms with E-state index in [1.165, 1.54) is 4.31 Å². The molecule has 0 aliphatic carbocycles. The van der Waals surface area contributed by atoms with Gasteiger partial charge in [-0.05, 0) is 24.2 Å². The predicted octanol–water partition coefficient (Wildman–Crippen LogP) is 2.04. The number of amides is 1. The molecule has 150 valence electrons. The van der Waals surface area contributed by atoms with Crippen LogP contribution in [0.5, 0.6) is 0 Å². The Morgan fingerprint density at radius 3 is 2.07 bits per heavy atom. The van der Waals surface area contributed by atoms with Gasteiger partial charge < -0.3 is 9.80 Å². The molecule has 0 radical (unpaired) electrons. The molecule has 2 aromatic rings. The Bertz CT molecular complexity index is 864. The highest BCUT2D eigenvalue weighted by atomic mass is 32.2. The summed E-state index contributed by atoms with van der Waals surface area (Å²) in [6.07, 6.45) is 0.